The highest BCUT2D eigenvalue weighted by atomic mass is 16.2. The Bertz CT molecular complexity index is 593. The van der Waals surface area contributed by atoms with Gasteiger partial charge in [0.05, 0.1) is 5.69 Å². The van der Waals surface area contributed by atoms with Gasteiger partial charge in [0.25, 0.3) is 5.91 Å². The Morgan fingerprint density at radius 2 is 1.86 bits per heavy atom. The van der Waals surface area contributed by atoms with Crippen LogP contribution >= 0.6 is 0 Å². The van der Waals surface area contributed by atoms with E-state index < -0.39 is 11.9 Å². The topological polar surface area (TPSA) is 87.8 Å². The highest BCUT2D eigenvalue weighted by molar-refractivity contribution is 6.40. The summed E-state index contributed by atoms with van der Waals surface area (Å²) in [6.45, 7) is 0. The van der Waals surface area contributed by atoms with Gasteiger partial charge in [0, 0.05) is 12.5 Å². The number of anilines is 1. The summed E-state index contributed by atoms with van der Waals surface area (Å²) in [6, 6.07) is 8.92. The van der Waals surface area contributed by atoms with Crippen LogP contribution in [0.1, 0.15) is 32.1 Å². The van der Waals surface area contributed by atoms with Crippen LogP contribution < -0.4 is 16.1 Å². The monoisotopic (exact) mass is 300 g/mol. The molecule has 6 heteroatoms. The highest BCUT2D eigenvalue weighted by Gasteiger charge is 2.35. The molecule has 0 radical (unpaired) electrons. The summed E-state index contributed by atoms with van der Waals surface area (Å²) in [6.07, 6.45) is 4.58. The van der Waals surface area contributed by atoms with E-state index >= 15 is 0 Å². The van der Waals surface area contributed by atoms with Gasteiger partial charge in [-0.1, -0.05) is 31.0 Å². The van der Waals surface area contributed by atoms with Gasteiger partial charge in [-0.3, -0.25) is 14.6 Å². The van der Waals surface area contributed by atoms with Gasteiger partial charge in [0.15, 0.2) is 0 Å². The van der Waals surface area contributed by atoms with Gasteiger partial charge in [-0.15, -0.1) is 0 Å². The highest BCUT2D eigenvalue weighted by Crippen LogP contribution is 2.25. The van der Waals surface area contributed by atoms with Gasteiger partial charge in [-0.2, -0.15) is 5.10 Å². The van der Waals surface area contributed by atoms with E-state index in [1.165, 1.54) is 0 Å². The molecule has 3 N–H and O–H groups in total. The van der Waals surface area contributed by atoms with Crippen LogP contribution in [0.15, 0.2) is 35.4 Å². The molecule has 2 aliphatic rings. The first kappa shape index (κ1) is 14.6. The number of amides is 2. The van der Waals surface area contributed by atoms with Gasteiger partial charge >= 0.3 is 0 Å². The third-order valence-corrected chi connectivity index (χ3v) is 4.21. The Balaban J connectivity index is 1.77. The van der Waals surface area contributed by atoms with Crippen molar-refractivity contribution in [2.24, 2.45) is 10.8 Å². The first-order valence-corrected chi connectivity index (χ1v) is 7.67. The van der Waals surface area contributed by atoms with Gasteiger partial charge < -0.3 is 11.1 Å². The van der Waals surface area contributed by atoms with Crippen LogP contribution in [0, 0.1) is 0 Å². The lowest BCUT2D eigenvalue weighted by Gasteiger charge is -2.20. The van der Waals surface area contributed by atoms with E-state index in [1.807, 2.05) is 30.3 Å². The molecule has 2 amide bonds. The molecule has 1 saturated carbocycles. The van der Waals surface area contributed by atoms with Crippen molar-refractivity contribution >= 4 is 23.2 Å². The van der Waals surface area contributed by atoms with Crippen molar-refractivity contribution < 1.29 is 9.59 Å². The van der Waals surface area contributed by atoms with Crippen molar-refractivity contribution in [1.82, 2.24) is 5.32 Å². The van der Waals surface area contributed by atoms with E-state index in [2.05, 4.69) is 10.4 Å². The number of primary amides is 1. The normalized spacial score (nSPS) is 21.7. The van der Waals surface area contributed by atoms with Crippen LogP contribution in [-0.4, -0.2) is 29.6 Å². The summed E-state index contributed by atoms with van der Waals surface area (Å²) in [5, 5.41) is 8.89. The molecule has 3 rings (SSSR count). The average Bonchev–Trinajstić information content (AvgIpc) is 3.17. The molecular formula is C16H20N4O2. The molecular weight excluding hydrogens is 280 g/mol. The van der Waals surface area contributed by atoms with E-state index in [0.29, 0.717) is 5.71 Å². The first-order valence-electron chi connectivity index (χ1n) is 7.67. The molecule has 1 aromatic carbocycles. The average molecular weight is 300 g/mol. The summed E-state index contributed by atoms with van der Waals surface area (Å²) in [5.74, 6) is -0.659. The van der Waals surface area contributed by atoms with E-state index in [-0.39, 0.29) is 18.4 Å². The van der Waals surface area contributed by atoms with Crippen molar-refractivity contribution in [1.29, 1.82) is 0 Å². The standard InChI is InChI=1S/C16H20N4O2/c17-15(21)14-10-13(16(22)18-11-6-4-5-7-11)19-20(14)12-8-2-1-3-9-12/h1-3,8-9,11,14H,4-7,10H2,(H2,17,21)(H,18,22). The van der Waals surface area contributed by atoms with Crippen LogP contribution in [0.4, 0.5) is 5.69 Å². The second-order valence-corrected chi connectivity index (χ2v) is 5.80. The summed E-state index contributed by atoms with van der Waals surface area (Å²) in [5.41, 5.74) is 6.60. The molecule has 0 bridgehead atoms. The lowest BCUT2D eigenvalue weighted by molar-refractivity contribution is -0.119. The molecule has 1 heterocycles. The van der Waals surface area contributed by atoms with Crippen molar-refractivity contribution in [3.05, 3.63) is 30.3 Å². The smallest absolute Gasteiger partial charge is 0.267 e. The second kappa shape index (κ2) is 6.17. The number of carbonyl (C=O) groups excluding carboxylic acids is 2. The van der Waals surface area contributed by atoms with E-state index in [4.69, 9.17) is 5.73 Å². The van der Waals surface area contributed by atoms with Crippen LogP contribution in [0.25, 0.3) is 0 Å². The first-order chi connectivity index (χ1) is 10.6. The molecule has 116 valence electrons. The molecule has 1 atom stereocenters. The van der Waals surface area contributed by atoms with Crippen molar-refractivity contribution in [2.45, 2.75) is 44.2 Å². The number of para-hydroxylation sites is 1. The third-order valence-electron chi connectivity index (χ3n) is 4.21. The van der Waals surface area contributed by atoms with Gasteiger partial charge in [0.2, 0.25) is 5.91 Å². The van der Waals surface area contributed by atoms with E-state index in [9.17, 15) is 9.59 Å². The molecule has 1 fully saturated rings. The Morgan fingerprint density at radius 3 is 2.50 bits per heavy atom. The molecule has 1 aliphatic carbocycles. The van der Waals surface area contributed by atoms with Crippen molar-refractivity contribution in [3.8, 4) is 0 Å². The number of hydrazone groups is 1. The fourth-order valence-electron chi connectivity index (χ4n) is 3.03. The Labute approximate surface area is 129 Å². The SMILES string of the molecule is NC(=O)C1CC(C(=O)NC2CCCC2)=NN1c1ccccc1. The lowest BCUT2D eigenvalue weighted by atomic mass is 10.1. The zero-order valence-corrected chi connectivity index (χ0v) is 12.4. The summed E-state index contributed by atoms with van der Waals surface area (Å²) >= 11 is 0. The zero-order chi connectivity index (χ0) is 15.5. The number of hydrogen-bond acceptors (Lipinski definition) is 4. The maximum absolute atomic E-state index is 12.3. The second-order valence-electron chi connectivity index (χ2n) is 5.80. The predicted molar refractivity (Wildman–Crippen MR) is 84.4 cm³/mol. The predicted octanol–water partition coefficient (Wildman–Crippen LogP) is 1.17. The van der Waals surface area contributed by atoms with Gasteiger partial charge in [0.1, 0.15) is 11.8 Å². The Kier molecular flexibility index (Phi) is 4.09. The molecule has 0 spiro atoms. The fourth-order valence-corrected chi connectivity index (χ4v) is 3.03. The molecule has 6 nitrogen and oxygen atoms in total. The minimum absolute atomic E-state index is 0.184. The van der Waals surface area contributed by atoms with Gasteiger partial charge in [-0.05, 0) is 25.0 Å². The van der Waals surface area contributed by atoms with Crippen LogP contribution in [0.3, 0.4) is 0 Å². The summed E-state index contributed by atoms with van der Waals surface area (Å²) in [4.78, 5) is 24.0. The number of hydrogen-bond donors (Lipinski definition) is 2. The van der Waals surface area contributed by atoms with Crippen molar-refractivity contribution in [3.63, 3.8) is 0 Å². The number of carbonyl (C=O) groups is 2. The van der Waals surface area contributed by atoms with Crippen molar-refractivity contribution in [2.75, 3.05) is 5.01 Å². The molecule has 1 aliphatic heterocycles. The third kappa shape index (κ3) is 2.95. The number of rotatable bonds is 4. The van der Waals surface area contributed by atoms with Crippen LogP contribution in [-0.2, 0) is 9.59 Å². The van der Waals surface area contributed by atoms with Crippen LogP contribution in [0.5, 0.6) is 0 Å². The van der Waals surface area contributed by atoms with E-state index in [0.717, 1.165) is 31.4 Å². The van der Waals surface area contributed by atoms with Crippen LogP contribution in [0.2, 0.25) is 0 Å². The molecule has 0 saturated heterocycles. The minimum Gasteiger partial charge on any atom is -0.368 e. The largest absolute Gasteiger partial charge is 0.368 e. The Morgan fingerprint density at radius 1 is 1.18 bits per heavy atom. The van der Waals surface area contributed by atoms with E-state index in [1.54, 1.807) is 5.01 Å². The number of nitrogens with zero attached hydrogens (tertiary/aromatic N) is 2. The minimum atomic E-state index is -0.605. The summed E-state index contributed by atoms with van der Waals surface area (Å²) in [7, 11) is 0. The maximum atomic E-state index is 12.3. The molecule has 1 aromatic rings. The summed E-state index contributed by atoms with van der Waals surface area (Å²) < 4.78 is 0. The van der Waals surface area contributed by atoms with Gasteiger partial charge in [-0.25, -0.2) is 0 Å². The molecule has 0 aromatic heterocycles. The number of nitrogens with one attached hydrogen (secondary N) is 1. The lowest BCUT2D eigenvalue weighted by Crippen LogP contribution is -2.40. The Hall–Kier alpha value is -2.37. The zero-order valence-electron chi connectivity index (χ0n) is 12.4. The molecule has 22 heavy (non-hydrogen) atoms. The molecule has 1 unspecified atom stereocenters. The maximum Gasteiger partial charge on any atom is 0.267 e. The number of nitrogens with two attached hydrogens (primary N) is 1. The number of benzene rings is 1. The quantitative estimate of drug-likeness (QED) is 0.874. The fraction of sp³-hybridized carbons (Fsp3) is 0.438.